The molecule has 1 heterocycles. The minimum absolute atomic E-state index is 0.180. The van der Waals surface area contributed by atoms with Crippen molar-refractivity contribution >= 4 is 0 Å². The standard InChI is InChI=1S/C11H24N2O2/c1-5-14-6-10(13-12)11-7(2)8(3)15-9(11)4/h7-11,13H,5-6,12H2,1-4H3. The first kappa shape index (κ1) is 12.9. The number of nitrogens with two attached hydrogens (primary N) is 1. The first-order valence-corrected chi connectivity index (χ1v) is 5.81. The molecule has 4 nitrogen and oxygen atoms in total. The molecular formula is C11H24N2O2. The Hall–Kier alpha value is -0.160. The van der Waals surface area contributed by atoms with Crippen LogP contribution in [0.1, 0.15) is 27.7 Å². The van der Waals surface area contributed by atoms with Crippen LogP contribution in [-0.4, -0.2) is 31.5 Å². The fourth-order valence-corrected chi connectivity index (χ4v) is 2.50. The van der Waals surface area contributed by atoms with Crippen molar-refractivity contribution in [2.45, 2.75) is 45.9 Å². The summed E-state index contributed by atoms with van der Waals surface area (Å²) in [5.41, 5.74) is 2.86. The summed E-state index contributed by atoms with van der Waals surface area (Å²) in [6, 6.07) is 0.180. The van der Waals surface area contributed by atoms with E-state index in [1.807, 2.05) is 6.92 Å². The van der Waals surface area contributed by atoms with Gasteiger partial charge in [0.05, 0.1) is 24.9 Å². The maximum atomic E-state index is 5.80. The van der Waals surface area contributed by atoms with E-state index in [1.54, 1.807) is 0 Å². The summed E-state index contributed by atoms with van der Waals surface area (Å²) in [5, 5.41) is 0. The number of rotatable bonds is 5. The monoisotopic (exact) mass is 216 g/mol. The molecular weight excluding hydrogens is 192 g/mol. The van der Waals surface area contributed by atoms with Gasteiger partial charge in [-0.1, -0.05) is 6.92 Å². The summed E-state index contributed by atoms with van der Waals surface area (Å²) < 4.78 is 11.2. The van der Waals surface area contributed by atoms with Crippen molar-refractivity contribution in [1.82, 2.24) is 5.43 Å². The van der Waals surface area contributed by atoms with Crippen LogP contribution in [0.25, 0.3) is 0 Å². The Balaban J connectivity index is 2.58. The van der Waals surface area contributed by atoms with Crippen LogP contribution in [0.15, 0.2) is 0 Å². The summed E-state index contributed by atoms with van der Waals surface area (Å²) in [6.45, 7) is 9.83. The third-order valence-electron chi connectivity index (χ3n) is 3.50. The van der Waals surface area contributed by atoms with Gasteiger partial charge in [-0.15, -0.1) is 0 Å². The number of nitrogens with one attached hydrogen (secondary N) is 1. The zero-order valence-corrected chi connectivity index (χ0v) is 10.2. The molecule has 3 N–H and O–H groups in total. The summed E-state index contributed by atoms with van der Waals surface area (Å²) in [7, 11) is 0. The molecule has 5 unspecified atom stereocenters. The van der Waals surface area contributed by atoms with Crippen molar-refractivity contribution in [3.8, 4) is 0 Å². The molecule has 1 saturated heterocycles. The van der Waals surface area contributed by atoms with Gasteiger partial charge in [-0.3, -0.25) is 11.3 Å². The van der Waals surface area contributed by atoms with Crippen molar-refractivity contribution in [1.29, 1.82) is 0 Å². The fraction of sp³-hybridized carbons (Fsp3) is 1.00. The Morgan fingerprint density at radius 2 is 2.00 bits per heavy atom. The molecule has 0 aromatic carbocycles. The van der Waals surface area contributed by atoms with Gasteiger partial charge in [0.2, 0.25) is 0 Å². The minimum atomic E-state index is 0.180. The predicted molar refractivity (Wildman–Crippen MR) is 60.3 cm³/mol. The van der Waals surface area contributed by atoms with Crippen molar-refractivity contribution in [3.63, 3.8) is 0 Å². The molecule has 0 spiro atoms. The molecule has 15 heavy (non-hydrogen) atoms. The molecule has 0 amide bonds. The van der Waals surface area contributed by atoms with Crippen LogP contribution in [-0.2, 0) is 9.47 Å². The highest BCUT2D eigenvalue weighted by atomic mass is 16.5. The van der Waals surface area contributed by atoms with Crippen LogP contribution in [0.2, 0.25) is 0 Å². The number of hydrogen-bond acceptors (Lipinski definition) is 4. The van der Waals surface area contributed by atoms with E-state index < -0.39 is 0 Å². The van der Waals surface area contributed by atoms with Gasteiger partial charge in [0.25, 0.3) is 0 Å². The lowest BCUT2D eigenvalue weighted by Crippen LogP contribution is -2.48. The van der Waals surface area contributed by atoms with Gasteiger partial charge in [-0.25, -0.2) is 0 Å². The molecule has 1 rings (SSSR count). The first-order chi connectivity index (χ1) is 7.11. The maximum absolute atomic E-state index is 5.80. The van der Waals surface area contributed by atoms with Crippen LogP contribution in [0.5, 0.6) is 0 Å². The van der Waals surface area contributed by atoms with E-state index in [1.165, 1.54) is 0 Å². The lowest BCUT2D eigenvalue weighted by molar-refractivity contribution is 0.0377. The van der Waals surface area contributed by atoms with E-state index in [-0.39, 0.29) is 12.1 Å². The van der Waals surface area contributed by atoms with E-state index in [0.717, 1.165) is 6.61 Å². The highest BCUT2D eigenvalue weighted by molar-refractivity contribution is 4.90. The first-order valence-electron chi connectivity index (χ1n) is 5.81. The van der Waals surface area contributed by atoms with Crippen molar-refractivity contribution < 1.29 is 9.47 Å². The smallest absolute Gasteiger partial charge is 0.0636 e. The maximum Gasteiger partial charge on any atom is 0.0636 e. The van der Waals surface area contributed by atoms with E-state index in [0.29, 0.717) is 24.5 Å². The quantitative estimate of drug-likeness (QED) is 0.530. The summed E-state index contributed by atoms with van der Waals surface area (Å²) in [6.07, 6.45) is 0.555. The highest BCUT2D eigenvalue weighted by Crippen LogP contribution is 2.34. The summed E-state index contributed by atoms with van der Waals surface area (Å²) in [5.74, 6) is 6.52. The molecule has 0 aromatic rings. The van der Waals surface area contributed by atoms with E-state index >= 15 is 0 Å². The molecule has 5 atom stereocenters. The van der Waals surface area contributed by atoms with E-state index in [4.69, 9.17) is 15.3 Å². The molecule has 0 aliphatic carbocycles. The molecule has 4 heteroatoms. The van der Waals surface area contributed by atoms with Crippen LogP contribution >= 0.6 is 0 Å². The van der Waals surface area contributed by atoms with Crippen molar-refractivity contribution in [2.24, 2.45) is 17.7 Å². The Labute approximate surface area is 92.5 Å². The third-order valence-corrected chi connectivity index (χ3v) is 3.50. The second kappa shape index (κ2) is 5.80. The number of hydrazine groups is 1. The van der Waals surface area contributed by atoms with Gasteiger partial charge >= 0.3 is 0 Å². The van der Waals surface area contributed by atoms with Gasteiger partial charge < -0.3 is 9.47 Å². The SMILES string of the molecule is CCOCC(NN)C1C(C)OC(C)C1C. The van der Waals surface area contributed by atoms with Gasteiger partial charge in [0.15, 0.2) is 0 Å². The van der Waals surface area contributed by atoms with Crippen LogP contribution in [0.4, 0.5) is 0 Å². The van der Waals surface area contributed by atoms with Gasteiger partial charge in [0, 0.05) is 12.5 Å². The largest absolute Gasteiger partial charge is 0.380 e. The molecule has 0 saturated carbocycles. The second-order valence-corrected chi connectivity index (χ2v) is 4.42. The van der Waals surface area contributed by atoms with Crippen molar-refractivity contribution in [3.05, 3.63) is 0 Å². The highest BCUT2D eigenvalue weighted by Gasteiger charge is 2.41. The zero-order valence-electron chi connectivity index (χ0n) is 10.2. The molecule has 1 aliphatic rings. The van der Waals surface area contributed by atoms with Gasteiger partial charge in [-0.05, 0) is 26.7 Å². The molecule has 0 aromatic heterocycles. The van der Waals surface area contributed by atoms with Crippen LogP contribution < -0.4 is 11.3 Å². The van der Waals surface area contributed by atoms with Gasteiger partial charge in [0.1, 0.15) is 0 Å². The average Bonchev–Trinajstić information content (AvgIpc) is 2.45. The fourth-order valence-electron chi connectivity index (χ4n) is 2.50. The Bertz CT molecular complexity index is 189. The predicted octanol–water partition coefficient (Wildman–Crippen LogP) is 0.914. The lowest BCUT2D eigenvalue weighted by Gasteiger charge is -2.28. The zero-order chi connectivity index (χ0) is 11.4. The Kier molecular flexibility index (Phi) is 4.99. The van der Waals surface area contributed by atoms with Gasteiger partial charge in [-0.2, -0.15) is 0 Å². The van der Waals surface area contributed by atoms with E-state index in [9.17, 15) is 0 Å². The van der Waals surface area contributed by atoms with Crippen LogP contribution in [0, 0.1) is 11.8 Å². The van der Waals surface area contributed by atoms with E-state index in [2.05, 4.69) is 26.2 Å². The lowest BCUT2D eigenvalue weighted by atomic mass is 9.84. The Morgan fingerprint density at radius 1 is 1.33 bits per heavy atom. The summed E-state index contributed by atoms with van der Waals surface area (Å²) >= 11 is 0. The topological polar surface area (TPSA) is 56.5 Å². The molecule has 0 radical (unpaired) electrons. The normalized spacial score (nSPS) is 38.2. The molecule has 0 bridgehead atoms. The second-order valence-electron chi connectivity index (χ2n) is 4.42. The summed E-state index contributed by atoms with van der Waals surface area (Å²) in [4.78, 5) is 0. The number of hydrogen-bond donors (Lipinski definition) is 2. The third kappa shape index (κ3) is 2.91. The molecule has 90 valence electrons. The average molecular weight is 216 g/mol. The molecule has 1 aliphatic heterocycles. The Morgan fingerprint density at radius 3 is 2.40 bits per heavy atom. The number of ether oxygens (including phenoxy) is 2. The molecule has 1 fully saturated rings. The van der Waals surface area contributed by atoms with Crippen molar-refractivity contribution in [2.75, 3.05) is 13.2 Å². The van der Waals surface area contributed by atoms with Crippen LogP contribution in [0.3, 0.4) is 0 Å². The minimum Gasteiger partial charge on any atom is -0.380 e.